The number of aliphatic hydroxyl groups is 32. The zero-order valence-corrected chi connectivity index (χ0v) is 79.9. The molecular formula is C83H138N4O61. The molecule has 856 valence electrons. The number of carboxylic acids is 1. The molecule has 148 heavy (non-hydrogen) atoms. The maximum atomic E-state index is 13.9. The molecular weight excluding hydrogens is 2030 g/mol. The first-order valence-electron chi connectivity index (χ1n) is 47.4. The quantitative estimate of drug-likeness (QED) is 0.0273. The van der Waals surface area contributed by atoms with E-state index >= 15 is 0 Å². The van der Waals surface area contributed by atoms with E-state index in [1.165, 1.54) is 20.8 Å². The molecule has 12 rings (SSSR count). The van der Waals surface area contributed by atoms with Gasteiger partial charge >= 0.3 is 5.97 Å². The summed E-state index contributed by atoms with van der Waals surface area (Å²) < 4.78 is 139. The number of rotatable bonds is 38. The summed E-state index contributed by atoms with van der Waals surface area (Å²) in [5.74, 6) is -9.25. The second kappa shape index (κ2) is 52.1. The van der Waals surface area contributed by atoms with Crippen LogP contribution in [0.4, 0.5) is 0 Å². The summed E-state index contributed by atoms with van der Waals surface area (Å²) in [6.45, 7) is -3.97. The Hall–Kier alpha value is -4.85. The van der Waals surface area contributed by atoms with Gasteiger partial charge in [0.1, 0.15) is 268 Å². The smallest absolute Gasteiger partial charge is 0.364 e. The molecule has 61 atom stereocenters. The van der Waals surface area contributed by atoms with Gasteiger partial charge in [0, 0.05) is 34.1 Å². The van der Waals surface area contributed by atoms with E-state index in [1.807, 2.05) is 0 Å². The van der Waals surface area contributed by atoms with Crippen molar-refractivity contribution in [3.8, 4) is 0 Å². The lowest BCUT2D eigenvalue weighted by atomic mass is 9.88. The van der Waals surface area contributed by atoms with Crippen molar-refractivity contribution in [3.05, 3.63) is 0 Å². The van der Waals surface area contributed by atoms with E-state index in [-0.39, 0.29) is 0 Å². The van der Waals surface area contributed by atoms with E-state index in [1.54, 1.807) is 0 Å². The van der Waals surface area contributed by atoms with Crippen molar-refractivity contribution >= 4 is 29.6 Å². The lowest BCUT2D eigenvalue weighted by molar-refractivity contribution is -0.402. The van der Waals surface area contributed by atoms with Crippen LogP contribution in [-0.4, -0.2) is 631 Å². The Balaban J connectivity index is 0.841. The molecule has 1 unspecified atom stereocenters. The van der Waals surface area contributed by atoms with Crippen LogP contribution in [0.1, 0.15) is 54.9 Å². The first kappa shape index (κ1) is 122. The molecule has 37 N–H and O–H groups in total. The number of hydrogen-bond acceptors (Lipinski definition) is 60. The third-order valence-electron chi connectivity index (χ3n) is 27.5. The summed E-state index contributed by atoms with van der Waals surface area (Å²) in [6, 6.07) is -8.06. The minimum absolute atomic E-state index is 0.858. The van der Waals surface area contributed by atoms with Crippen molar-refractivity contribution in [1.82, 2.24) is 21.3 Å². The van der Waals surface area contributed by atoms with E-state index in [0.717, 1.165) is 27.7 Å². The monoisotopic (exact) mass is 2170 g/mol. The van der Waals surface area contributed by atoms with Gasteiger partial charge in [0.15, 0.2) is 69.2 Å². The SMILES string of the molecule is CC(=O)N[C@H]1[C@H](O[C@H]2[C@@H](O)[C@@H](CO[C@@H]3O[C@H](CO)[C@@H](O[C@@H]4O[C@H](CO)[C@H](O)[C@H](O[C@@H]5O[C@H](CO)[C@@H](O[C@@H]6O[C@H](CO)[C@H](O)[C@H](O)[C@H]6O[C@@H]6O[C@@H](C)[C@@H](O)[C@@H](O)[C@@H]6O)[C@H](O[C@@H]6O[C@@H](C)[C@@H](O)[C@@H](O)[C@@H]6O)[C@H]5NC(C)=O)[C@H]4O)[C@H](O[C@@H]4O[C@@H](C)[C@@H](O)[C@@H](O)[C@@H]4O)[C@H]3NC(C)=O)O[C@@H](O[C@H]3[C@H](O)[C@@H](O)C(O)O[C@@H]3CO)[C@@H]2O)O[C@H](CO)[C@@H](O[C@@H]2O[C@H](CO[C@]3(C(=O)O)C[C@H](O)[C@@H](NC(C)=O)[C@H]([C@H](O)[C@H](O)CO)O3)[C@H](O)[C@H](O)[C@H]2O)[C@@H]1O. The number of amides is 4. The number of carbonyl (C=O) groups is 5. The molecule has 65 heteroatoms. The summed E-state index contributed by atoms with van der Waals surface area (Å²) in [5, 5.41) is 381. The highest BCUT2D eigenvalue weighted by molar-refractivity contribution is 5.77. The molecule has 4 amide bonds. The molecule has 12 aliphatic rings. The molecule has 12 heterocycles. The van der Waals surface area contributed by atoms with Crippen molar-refractivity contribution < 1.29 is 301 Å². The minimum atomic E-state index is -3.12. The van der Waals surface area contributed by atoms with Crippen molar-refractivity contribution in [3.63, 3.8) is 0 Å². The molecule has 12 aliphatic heterocycles. The highest BCUT2D eigenvalue weighted by Crippen LogP contribution is 2.44. The van der Waals surface area contributed by atoms with Gasteiger partial charge in [0.2, 0.25) is 23.6 Å². The molecule has 0 aliphatic carbocycles. The molecule has 0 aromatic rings. The highest BCUT2D eigenvalue weighted by atomic mass is 16.8. The average molecular weight is 2170 g/mol. The molecule has 12 fully saturated rings. The molecule has 0 saturated carbocycles. The van der Waals surface area contributed by atoms with Gasteiger partial charge in [0.05, 0.1) is 89.9 Å². The van der Waals surface area contributed by atoms with Crippen molar-refractivity contribution in [2.45, 2.75) is 429 Å². The summed E-state index contributed by atoms with van der Waals surface area (Å²) in [7, 11) is 0. The van der Waals surface area contributed by atoms with Crippen molar-refractivity contribution in [2.75, 3.05) is 59.5 Å². The van der Waals surface area contributed by atoms with E-state index in [2.05, 4.69) is 21.3 Å². The van der Waals surface area contributed by atoms with E-state index in [9.17, 15) is 192 Å². The zero-order chi connectivity index (χ0) is 109. The second-order valence-corrected chi connectivity index (χ2v) is 38.0. The van der Waals surface area contributed by atoms with Gasteiger partial charge in [-0.3, -0.25) is 19.2 Å². The first-order chi connectivity index (χ1) is 69.7. The van der Waals surface area contributed by atoms with Gasteiger partial charge < -0.3 is 299 Å². The van der Waals surface area contributed by atoms with Crippen LogP contribution in [0.5, 0.6) is 0 Å². The molecule has 0 aromatic carbocycles. The number of nitrogens with one attached hydrogen (secondary N) is 4. The molecule has 0 bridgehead atoms. The number of hydrogen-bond donors (Lipinski definition) is 37. The van der Waals surface area contributed by atoms with Crippen LogP contribution in [0, 0.1) is 0 Å². The standard InChI is InChI=1S/C83H138N4O61/c1-18-39(101)48(110)55(117)75(128-18)143-66-37(86-23(6)97)72(134-31(14-93)63(66)141-79-59(121)68(45(107)28(11-90)132-79)146-74-38(87-24(7)98)67(144-76-56(118)49(111)40(102)19(2)129-76)64(32(15-94)136-74)142-81-70(52(114)43(105)27(10-89)133-81)147-77-57(119)50(112)41(103)20(3)130-77)126-16-33-46(108)69(60(122)80(137-33)140-62-29(12-91)131-71(123)54(116)53(62)115)145-73-36(85-22(5)96)47(109)61(30(13-92)135-73)139-78-58(120)51(113)44(106)34(138-78)17-127-83(82(124)125)8-25(99)35(84-21(4)95)65(148-83)42(104)26(100)9-88/h18-20,25-81,88-94,99-123H,8-17H2,1-7H3,(H,84,95)(H,85,96)(H,86,97)(H,87,98)(H,124,125)/t18-,19-,20-,25-,26+,27+,28+,29+,30+,31+,32+,33+,34+,35+,36+,37+,38+,39+,40+,41+,42+,43-,44-,45-,46-,47+,48+,49+,50+,51-,52-,53+,54+,55-,56-,57-,58+,59+,60+,61+,62+,63+,64+,65+,66+,67+,68-,69-,70+,71?,72+,73-,74-,75-,76-,77-,78-,79-,80-,81-,83+/m0/s1. The predicted molar refractivity (Wildman–Crippen MR) is 454 cm³/mol. The van der Waals surface area contributed by atoms with Crippen LogP contribution in [0.2, 0.25) is 0 Å². The Labute approximate surface area is 837 Å². The molecule has 0 aromatic heterocycles. The topological polar surface area (TPSA) is 1010 Å². The average Bonchev–Trinajstić information content (AvgIpc) is 0.734. The summed E-state index contributed by atoms with van der Waals surface area (Å²) in [5.41, 5.74) is 0. The fourth-order valence-electron chi connectivity index (χ4n) is 19.3. The maximum absolute atomic E-state index is 13.9. The predicted octanol–water partition coefficient (Wildman–Crippen LogP) is -24.3. The van der Waals surface area contributed by atoms with Crippen molar-refractivity contribution in [2.24, 2.45) is 0 Å². The Morgan fingerprint density at radius 2 is 0.601 bits per heavy atom. The second-order valence-electron chi connectivity index (χ2n) is 38.0. The first-order valence-corrected chi connectivity index (χ1v) is 47.4. The number of carboxylic acid groups (broad SMARTS) is 1. The summed E-state index contributed by atoms with van der Waals surface area (Å²) >= 11 is 0. The molecule has 0 radical (unpaired) electrons. The van der Waals surface area contributed by atoms with E-state index in [4.69, 9.17) is 109 Å². The van der Waals surface area contributed by atoms with Gasteiger partial charge in [-0.15, -0.1) is 0 Å². The fourth-order valence-corrected chi connectivity index (χ4v) is 19.3. The third kappa shape index (κ3) is 26.4. The van der Waals surface area contributed by atoms with Gasteiger partial charge in [-0.05, 0) is 20.8 Å². The van der Waals surface area contributed by atoms with E-state index < -0.39 is 469 Å². The fraction of sp³-hybridized carbons (Fsp3) is 0.940. The van der Waals surface area contributed by atoms with Gasteiger partial charge in [-0.2, -0.15) is 0 Å². The van der Waals surface area contributed by atoms with Crippen LogP contribution in [0.3, 0.4) is 0 Å². The van der Waals surface area contributed by atoms with Crippen LogP contribution < -0.4 is 21.3 Å². The van der Waals surface area contributed by atoms with Crippen molar-refractivity contribution in [1.29, 1.82) is 0 Å². The summed E-state index contributed by atoms with van der Waals surface area (Å²) in [4.78, 5) is 66.2. The Morgan fingerprint density at radius 3 is 1.05 bits per heavy atom. The third-order valence-corrected chi connectivity index (χ3v) is 27.5. The normalized spacial score (nSPS) is 49.8. The number of aliphatic carboxylic acids is 1. The number of aliphatic hydroxyl groups excluding tert-OH is 32. The Morgan fingerprint density at radius 1 is 0.291 bits per heavy atom. The van der Waals surface area contributed by atoms with Crippen LogP contribution in [0.15, 0.2) is 0 Å². The minimum Gasteiger partial charge on any atom is -0.477 e. The lowest BCUT2D eigenvalue weighted by Crippen LogP contribution is -2.72. The molecule has 12 saturated heterocycles. The highest BCUT2D eigenvalue weighted by Gasteiger charge is 2.65. The van der Waals surface area contributed by atoms with E-state index in [0.29, 0.717) is 0 Å². The van der Waals surface area contributed by atoms with Crippen LogP contribution in [-0.2, 0) is 133 Å². The Kier molecular flexibility index (Phi) is 42.9. The lowest BCUT2D eigenvalue weighted by Gasteiger charge is -2.52. The maximum Gasteiger partial charge on any atom is 0.364 e. The number of ether oxygens (including phenoxy) is 23. The molecule has 0 spiro atoms. The Bertz CT molecular complexity index is 4190. The van der Waals surface area contributed by atoms with Crippen LogP contribution >= 0.6 is 0 Å². The molecule has 65 nitrogen and oxygen atoms in total. The van der Waals surface area contributed by atoms with Crippen LogP contribution in [0.25, 0.3) is 0 Å². The summed E-state index contributed by atoms with van der Waals surface area (Å²) in [6.07, 6.45) is -122. The van der Waals surface area contributed by atoms with Gasteiger partial charge in [-0.1, -0.05) is 0 Å². The van der Waals surface area contributed by atoms with Gasteiger partial charge in [-0.25, -0.2) is 4.79 Å². The largest absolute Gasteiger partial charge is 0.477 e. The van der Waals surface area contributed by atoms with Gasteiger partial charge in [0.25, 0.3) is 5.79 Å². The number of carbonyl (C=O) groups excluding carboxylic acids is 4. The zero-order valence-electron chi connectivity index (χ0n) is 79.9.